The molecular weight excluding hydrogens is 457 g/mol. The van der Waals surface area contributed by atoms with Crippen molar-refractivity contribution in [2.75, 3.05) is 49.8 Å². The molecule has 0 fully saturated rings. The van der Waals surface area contributed by atoms with E-state index in [1.54, 1.807) is 0 Å². The molecule has 0 bridgehead atoms. The van der Waals surface area contributed by atoms with Crippen molar-refractivity contribution in [2.45, 2.75) is 13.8 Å². The first-order valence-electron chi connectivity index (χ1n) is 11.8. The summed E-state index contributed by atoms with van der Waals surface area (Å²) in [5, 5.41) is 7.00. The van der Waals surface area contributed by atoms with Crippen LogP contribution in [-0.4, -0.2) is 59.6 Å². The first kappa shape index (κ1) is 25.1. The van der Waals surface area contributed by atoms with Gasteiger partial charge in [-0.1, -0.05) is 11.6 Å². The monoisotopic (exact) mass is 489 g/mol. The number of benzene rings is 2. The van der Waals surface area contributed by atoms with Gasteiger partial charge in [-0.2, -0.15) is 0 Å². The summed E-state index contributed by atoms with van der Waals surface area (Å²) in [4.78, 5) is 24.7. The van der Waals surface area contributed by atoms with Crippen LogP contribution in [-0.2, 0) is 11.8 Å². The van der Waals surface area contributed by atoms with Gasteiger partial charge in [0.1, 0.15) is 5.69 Å². The van der Waals surface area contributed by atoms with Crippen LogP contribution in [0.25, 0.3) is 22.2 Å². The number of rotatable bonds is 8. The fraction of sp³-hybridized carbons (Fsp3) is 0.296. The predicted octanol–water partition coefficient (Wildman–Crippen LogP) is 4.78. The van der Waals surface area contributed by atoms with Crippen molar-refractivity contribution in [3.8, 4) is 11.3 Å². The van der Waals surface area contributed by atoms with E-state index in [1.807, 2.05) is 82.3 Å². The number of anilines is 4. The number of fused-ring (bicyclic) bond motifs is 1. The van der Waals surface area contributed by atoms with Gasteiger partial charge < -0.3 is 25.0 Å². The van der Waals surface area contributed by atoms with Gasteiger partial charge in [0.2, 0.25) is 11.9 Å². The van der Waals surface area contributed by atoms with E-state index in [9.17, 15) is 9.18 Å². The predicted molar refractivity (Wildman–Crippen MR) is 144 cm³/mol. The lowest BCUT2D eigenvalue weighted by Gasteiger charge is -2.24. The van der Waals surface area contributed by atoms with Crippen LogP contribution >= 0.6 is 0 Å². The summed E-state index contributed by atoms with van der Waals surface area (Å²) in [5.41, 5.74) is 5.25. The number of aromatic nitrogens is 3. The number of likely N-dealkylation sites (N-methyl/N-ethyl adjacent to an activating group) is 2. The van der Waals surface area contributed by atoms with Crippen molar-refractivity contribution in [2.24, 2.45) is 7.05 Å². The van der Waals surface area contributed by atoms with Crippen LogP contribution in [0.4, 0.5) is 27.4 Å². The lowest BCUT2D eigenvalue weighted by Crippen LogP contribution is -2.29. The smallest absolute Gasteiger partial charge is 0.227 e. The van der Waals surface area contributed by atoms with Gasteiger partial charge in [0.05, 0.1) is 17.6 Å². The number of carbonyl (C=O) groups excluding carboxylic acids is 1. The fourth-order valence-electron chi connectivity index (χ4n) is 4.15. The molecule has 1 amide bonds. The average Bonchev–Trinajstić information content (AvgIpc) is 3.13. The van der Waals surface area contributed by atoms with Crippen molar-refractivity contribution < 1.29 is 9.18 Å². The topological polar surface area (TPSA) is 78.3 Å². The SMILES string of the molecule is CC(=O)Nc1cc(Nc2ncc(F)c(-c3cn(C)c4ccc(C)cc34)n2)ccc1N(C)CCN(C)C. The largest absolute Gasteiger partial charge is 0.372 e. The Morgan fingerprint density at radius 3 is 2.61 bits per heavy atom. The maximum Gasteiger partial charge on any atom is 0.227 e. The van der Waals surface area contributed by atoms with E-state index >= 15 is 0 Å². The minimum Gasteiger partial charge on any atom is -0.372 e. The van der Waals surface area contributed by atoms with Crippen LogP contribution in [0.1, 0.15) is 12.5 Å². The highest BCUT2D eigenvalue weighted by Crippen LogP contribution is 2.33. The van der Waals surface area contributed by atoms with Crippen molar-refractivity contribution in [1.82, 2.24) is 19.4 Å². The molecule has 4 aromatic rings. The molecule has 188 valence electrons. The van der Waals surface area contributed by atoms with Crippen LogP contribution in [0.2, 0.25) is 0 Å². The Kier molecular flexibility index (Phi) is 7.21. The average molecular weight is 490 g/mol. The molecule has 0 atom stereocenters. The summed E-state index contributed by atoms with van der Waals surface area (Å²) in [6.07, 6.45) is 3.06. The normalized spacial score (nSPS) is 11.2. The molecule has 0 spiro atoms. The summed E-state index contributed by atoms with van der Waals surface area (Å²) in [6.45, 7) is 5.15. The maximum atomic E-state index is 14.9. The minimum absolute atomic E-state index is 0.166. The summed E-state index contributed by atoms with van der Waals surface area (Å²) in [5.74, 6) is -0.397. The molecular formula is C27H32FN7O. The van der Waals surface area contributed by atoms with E-state index < -0.39 is 5.82 Å². The number of hydrogen-bond acceptors (Lipinski definition) is 6. The molecule has 2 N–H and O–H groups in total. The Bertz CT molecular complexity index is 1410. The zero-order chi connectivity index (χ0) is 26.0. The standard InChI is InChI=1S/C27H32FN7O/c1-17-7-9-24-20(13-17)21(16-35(24)6)26-22(28)15-29-27(32-26)31-19-8-10-25(23(14-19)30-18(2)36)34(5)12-11-33(3)4/h7-10,13-16H,11-12H2,1-6H3,(H,30,36)(H,29,31,32). The molecule has 0 aliphatic rings. The van der Waals surface area contributed by atoms with Crippen LogP contribution in [0.15, 0.2) is 48.8 Å². The number of aryl methyl sites for hydroxylation is 2. The molecule has 0 radical (unpaired) electrons. The molecule has 2 aromatic heterocycles. The highest BCUT2D eigenvalue weighted by atomic mass is 19.1. The number of nitrogens with zero attached hydrogens (tertiary/aromatic N) is 5. The zero-order valence-electron chi connectivity index (χ0n) is 21.6. The molecule has 2 aromatic carbocycles. The molecule has 9 heteroatoms. The molecule has 0 unspecified atom stereocenters. The highest BCUT2D eigenvalue weighted by Gasteiger charge is 2.17. The van der Waals surface area contributed by atoms with Gasteiger partial charge in [0, 0.05) is 62.5 Å². The molecule has 0 aliphatic heterocycles. The first-order valence-corrected chi connectivity index (χ1v) is 11.8. The molecule has 0 saturated heterocycles. The quantitative estimate of drug-likeness (QED) is 0.371. The molecule has 2 heterocycles. The Morgan fingerprint density at radius 1 is 1.11 bits per heavy atom. The van der Waals surface area contributed by atoms with Crippen molar-refractivity contribution in [3.05, 3.63) is 60.2 Å². The van der Waals surface area contributed by atoms with Crippen LogP contribution in [0.3, 0.4) is 0 Å². The number of halogens is 1. The molecule has 0 aliphatic carbocycles. The van der Waals surface area contributed by atoms with Crippen molar-refractivity contribution in [3.63, 3.8) is 0 Å². The Labute approximate surface area is 210 Å². The summed E-state index contributed by atoms with van der Waals surface area (Å²) < 4.78 is 16.9. The Hall–Kier alpha value is -3.98. The van der Waals surface area contributed by atoms with Crippen molar-refractivity contribution in [1.29, 1.82) is 0 Å². The summed E-state index contributed by atoms with van der Waals surface area (Å²) in [7, 11) is 7.95. The van der Waals surface area contributed by atoms with Crippen LogP contribution < -0.4 is 15.5 Å². The van der Waals surface area contributed by atoms with E-state index in [1.165, 1.54) is 13.1 Å². The molecule has 4 rings (SSSR count). The van der Waals surface area contributed by atoms with E-state index in [-0.39, 0.29) is 17.5 Å². The first-order chi connectivity index (χ1) is 17.1. The van der Waals surface area contributed by atoms with E-state index in [0.717, 1.165) is 35.2 Å². The van der Waals surface area contributed by atoms with Crippen LogP contribution in [0, 0.1) is 12.7 Å². The van der Waals surface area contributed by atoms with Gasteiger partial charge in [-0.15, -0.1) is 0 Å². The van der Waals surface area contributed by atoms with Gasteiger partial charge in [-0.05, 0) is 51.4 Å². The van der Waals surface area contributed by atoms with Gasteiger partial charge in [0.15, 0.2) is 5.82 Å². The zero-order valence-corrected chi connectivity index (χ0v) is 21.6. The second kappa shape index (κ2) is 10.3. The summed E-state index contributed by atoms with van der Waals surface area (Å²) in [6, 6.07) is 11.7. The van der Waals surface area contributed by atoms with Gasteiger partial charge in [-0.25, -0.2) is 14.4 Å². The van der Waals surface area contributed by atoms with Gasteiger partial charge in [-0.3, -0.25) is 4.79 Å². The number of hydrogen-bond donors (Lipinski definition) is 2. The second-order valence-corrected chi connectivity index (χ2v) is 9.33. The number of nitrogens with one attached hydrogen (secondary N) is 2. The van der Waals surface area contributed by atoms with E-state index in [4.69, 9.17) is 0 Å². The molecule has 8 nitrogen and oxygen atoms in total. The van der Waals surface area contributed by atoms with Gasteiger partial charge in [0.25, 0.3) is 0 Å². The fourth-order valence-corrected chi connectivity index (χ4v) is 4.15. The lowest BCUT2D eigenvalue weighted by atomic mass is 10.1. The Balaban J connectivity index is 1.67. The second-order valence-electron chi connectivity index (χ2n) is 9.33. The number of amides is 1. The highest BCUT2D eigenvalue weighted by molar-refractivity contribution is 5.96. The number of carbonyl (C=O) groups is 1. The third-order valence-corrected chi connectivity index (χ3v) is 6.00. The van der Waals surface area contributed by atoms with E-state index in [0.29, 0.717) is 16.9 Å². The Morgan fingerprint density at radius 2 is 1.89 bits per heavy atom. The summed E-state index contributed by atoms with van der Waals surface area (Å²) >= 11 is 0. The molecule has 0 saturated carbocycles. The van der Waals surface area contributed by atoms with E-state index in [2.05, 4.69) is 30.4 Å². The lowest BCUT2D eigenvalue weighted by molar-refractivity contribution is -0.114. The third kappa shape index (κ3) is 5.46. The van der Waals surface area contributed by atoms with Crippen LogP contribution in [0.5, 0.6) is 0 Å². The maximum absolute atomic E-state index is 14.9. The van der Waals surface area contributed by atoms with Gasteiger partial charge >= 0.3 is 0 Å². The third-order valence-electron chi connectivity index (χ3n) is 6.00. The molecule has 36 heavy (non-hydrogen) atoms. The van der Waals surface area contributed by atoms with Crippen molar-refractivity contribution >= 4 is 39.8 Å². The minimum atomic E-state index is -0.494.